The zero-order valence-corrected chi connectivity index (χ0v) is 9.79. The van der Waals surface area contributed by atoms with Crippen LogP contribution in [-0.2, 0) is 4.74 Å². The Bertz CT molecular complexity index is 392. The number of aromatic carboxylic acids is 1. The van der Waals surface area contributed by atoms with Crippen molar-refractivity contribution >= 4 is 26.4 Å². The summed E-state index contributed by atoms with van der Waals surface area (Å²) in [6.45, 7) is 3.47. The average Bonchev–Trinajstić information content (AvgIpc) is 2.43. The Balaban J connectivity index is 3.28. The van der Waals surface area contributed by atoms with Gasteiger partial charge in [0.15, 0.2) is 0 Å². The van der Waals surface area contributed by atoms with E-state index in [1.54, 1.807) is 13.8 Å². The third-order valence-corrected chi connectivity index (χ3v) is 4.87. The Morgan fingerprint density at radius 1 is 1.21 bits per heavy atom. The summed E-state index contributed by atoms with van der Waals surface area (Å²) in [5.41, 5.74) is 1.44. The van der Waals surface area contributed by atoms with Crippen LogP contribution in [0.4, 0.5) is 0 Å². The number of carbonyl (C=O) groups is 2. The van der Waals surface area contributed by atoms with Crippen molar-refractivity contribution in [3.05, 3.63) is 20.0 Å². The predicted molar refractivity (Wildman–Crippen MR) is 51.2 cm³/mol. The summed E-state index contributed by atoms with van der Waals surface area (Å²) < 4.78 is 5.43. The molecule has 0 bridgehead atoms. The second-order valence-electron chi connectivity index (χ2n) is 2.81. The zero-order valence-electron chi connectivity index (χ0n) is 8.08. The van der Waals surface area contributed by atoms with E-state index in [0.29, 0.717) is 14.4 Å². The maximum absolute atomic E-state index is 11.3. The number of carboxylic acids is 1. The molecule has 0 saturated heterocycles. The van der Waals surface area contributed by atoms with E-state index in [0.717, 1.165) is 5.56 Å². The van der Waals surface area contributed by atoms with E-state index in [1.807, 2.05) is 0 Å². The van der Waals surface area contributed by atoms with Gasteiger partial charge in [-0.2, -0.15) is 0 Å². The molecule has 1 rings (SSSR count). The number of methoxy groups -OCH3 is 1. The molecule has 0 fully saturated rings. The Morgan fingerprint density at radius 2 is 1.71 bits per heavy atom. The van der Waals surface area contributed by atoms with Crippen molar-refractivity contribution in [2.75, 3.05) is 7.11 Å². The van der Waals surface area contributed by atoms with Crippen molar-refractivity contribution < 1.29 is 19.4 Å². The van der Waals surface area contributed by atoms with Crippen LogP contribution >= 0.6 is 0 Å². The third-order valence-electron chi connectivity index (χ3n) is 2.01. The van der Waals surface area contributed by atoms with E-state index in [4.69, 9.17) is 5.11 Å². The van der Waals surface area contributed by atoms with E-state index in [9.17, 15) is 9.59 Å². The van der Waals surface area contributed by atoms with Crippen molar-refractivity contribution in [2.45, 2.75) is 13.8 Å². The first-order chi connectivity index (χ1) is 6.49. The summed E-state index contributed by atoms with van der Waals surface area (Å²) in [4.78, 5) is 22.0. The Morgan fingerprint density at radius 3 is 2.07 bits per heavy atom. The quantitative estimate of drug-likeness (QED) is 0.633. The fourth-order valence-corrected chi connectivity index (χ4v) is 3.33. The number of carboxylic acid groups (broad SMARTS) is 1. The van der Waals surface area contributed by atoms with Crippen LogP contribution in [0.5, 0.6) is 0 Å². The SMILES string of the molecule is COC(=O)c1[se]c(C(=O)O)c(C)c1C. The molecule has 0 aromatic carbocycles. The number of hydrogen-bond donors (Lipinski definition) is 1. The topological polar surface area (TPSA) is 63.6 Å². The summed E-state index contributed by atoms with van der Waals surface area (Å²) in [6, 6.07) is 0. The Kier molecular flexibility index (Phi) is 3.13. The van der Waals surface area contributed by atoms with Gasteiger partial charge in [0.2, 0.25) is 0 Å². The van der Waals surface area contributed by atoms with Gasteiger partial charge in [-0.25, -0.2) is 0 Å². The summed E-state index contributed by atoms with van der Waals surface area (Å²) in [5, 5.41) is 8.85. The van der Waals surface area contributed by atoms with Crippen molar-refractivity contribution in [1.29, 1.82) is 0 Å². The molecule has 1 heterocycles. The number of ether oxygens (including phenoxy) is 1. The molecule has 0 saturated carbocycles. The molecule has 0 radical (unpaired) electrons. The predicted octanol–water partition coefficient (Wildman–Crippen LogP) is 0.845. The molecule has 1 aromatic rings. The van der Waals surface area contributed by atoms with Crippen LogP contribution in [0.15, 0.2) is 0 Å². The van der Waals surface area contributed by atoms with Crippen LogP contribution in [0, 0.1) is 13.8 Å². The van der Waals surface area contributed by atoms with Gasteiger partial charge in [-0.3, -0.25) is 0 Å². The molecular weight excluding hydrogens is 251 g/mol. The number of rotatable bonds is 2. The monoisotopic (exact) mass is 262 g/mol. The van der Waals surface area contributed by atoms with Crippen molar-refractivity contribution in [1.82, 2.24) is 0 Å². The van der Waals surface area contributed by atoms with E-state index in [2.05, 4.69) is 4.74 Å². The van der Waals surface area contributed by atoms with E-state index >= 15 is 0 Å². The molecule has 0 atom stereocenters. The molecule has 0 aliphatic carbocycles. The van der Waals surface area contributed by atoms with Crippen LogP contribution in [0.25, 0.3) is 0 Å². The molecular formula is C9H10O4Se. The van der Waals surface area contributed by atoms with Crippen LogP contribution in [0.3, 0.4) is 0 Å². The first-order valence-corrected chi connectivity index (χ1v) is 5.62. The van der Waals surface area contributed by atoms with Crippen LogP contribution in [-0.4, -0.2) is 38.7 Å². The van der Waals surface area contributed by atoms with Gasteiger partial charge in [-0.05, 0) is 0 Å². The van der Waals surface area contributed by atoms with Gasteiger partial charge < -0.3 is 0 Å². The second-order valence-corrected chi connectivity index (χ2v) is 4.95. The van der Waals surface area contributed by atoms with Crippen molar-refractivity contribution in [3.8, 4) is 0 Å². The van der Waals surface area contributed by atoms with Crippen LogP contribution in [0.1, 0.15) is 29.6 Å². The third kappa shape index (κ3) is 1.74. The van der Waals surface area contributed by atoms with Gasteiger partial charge in [0.05, 0.1) is 0 Å². The summed E-state index contributed by atoms with van der Waals surface area (Å²) in [5.74, 6) is -1.36. The summed E-state index contributed by atoms with van der Waals surface area (Å²) in [6.07, 6.45) is 0. The second kappa shape index (κ2) is 3.98. The molecule has 1 N–H and O–H groups in total. The molecule has 4 nitrogen and oxygen atoms in total. The average molecular weight is 261 g/mol. The Labute approximate surface area is 87.2 Å². The summed E-state index contributed by atoms with van der Waals surface area (Å²) >= 11 is -0.424. The van der Waals surface area contributed by atoms with Gasteiger partial charge in [0.25, 0.3) is 0 Å². The van der Waals surface area contributed by atoms with Gasteiger partial charge in [0, 0.05) is 0 Å². The standard InChI is InChI=1S/C9H10O4Se/c1-4-5(2)7(9(12)13-3)14-6(4)8(10)11/h1-3H3,(H,10,11). The Hall–Kier alpha value is -1.06. The molecule has 0 aliphatic heterocycles. The number of carbonyl (C=O) groups excluding carboxylic acids is 1. The van der Waals surface area contributed by atoms with E-state index in [1.165, 1.54) is 7.11 Å². The molecule has 5 heteroatoms. The van der Waals surface area contributed by atoms with Crippen molar-refractivity contribution in [3.63, 3.8) is 0 Å². The van der Waals surface area contributed by atoms with Crippen LogP contribution in [0.2, 0.25) is 0 Å². The normalized spacial score (nSPS) is 9.93. The van der Waals surface area contributed by atoms with Crippen LogP contribution < -0.4 is 0 Å². The molecule has 1 aromatic heterocycles. The minimum atomic E-state index is -0.944. The number of esters is 1. The molecule has 14 heavy (non-hydrogen) atoms. The molecule has 0 spiro atoms. The minimum absolute atomic E-state index is 0.343. The van der Waals surface area contributed by atoms with Gasteiger partial charge in [-0.15, -0.1) is 0 Å². The van der Waals surface area contributed by atoms with Gasteiger partial charge in [-0.1, -0.05) is 0 Å². The maximum atomic E-state index is 11.3. The molecule has 0 amide bonds. The summed E-state index contributed by atoms with van der Waals surface area (Å²) in [7, 11) is 1.30. The first kappa shape index (κ1) is 11.0. The van der Waals surface area contributed by atoms with Crippen molar-refractivity contribution in [2.24, 2.45) is 0 Å². The zero-order chi connectivity index (χ0) is 10.9. The fourth-order valence-electron chi connectivity index (χ4n) is 1.09. The van der Waals surface area contributed by atoms with Gasteiger partial charge >= 0.3 is 86.8 Å². The molecule has 76 valence electrons. The molecule has 0 unspecified atom stereocenters. The van der Waals surface area contributed by atoms with E-state index < -0.39 is 26.4 Å². The first-order valence-electron chi connectivity index (χ1n) is 3.90. The molecule has 0 aliphatic rings. The van der Waals surface area contributed by atoms with E-state index in [-0.39, 0.29) is 0 Å². The fraction of sp³-hybridized carbons (Fsp3) is 0.333. The van der Waals surface area contributed by atoms with Gasteiger partial charge in [0.1, 0.15) is 0 Å². The number of hydrogen-bond acceptors (Lipinski definition) is 3.